The first-order valence-corrected chi connectivity index (χ1v) is 6.38. The van der Waals surface area contributed by atoms with Crippen molar-refractivity contribution in [1.82, 2.24) is 14.9 Å². The van der Waals surface area contributed by atoms with E-state index in [1.54, 1.807) is 12.1 Å². The van der Waals surface area contributed by atoms with E-state index in [9.17, 15) is 4.79 Å². The quantitative estimate of drug-likeness (QED) is 0.713. The lowest BCUT2D eigenvalue weighted by molar-refractivity contribution is 0.842. The molecule has 0 bridgehead atoms. The summed E-state index contributed by atoms with van der Waals surface area (Å²) in [6.45, 7) is 0. The van der Waals surface area contributed by atoms with Crippen LogP contribution in [0, 0.1) is 0 Å². The Hall–Kier alpha value is -3.15. The minimum absolute atomic E-state index is 0.186. The van der Waals surface area contributed by atoms with Gasteiger partial charge in [0.15, 0.2) is 5.69 Å². The molecular formula is C15H13N5O. The highest BCUT2D eigenvalue weighted by Crippen LogP contribution is 2.14. The van der Waals surface area contributed by atoms with E-state index in [1.165, 1.54) is 0 Å². The second-order valence-electron chi connectivity index (χ2n) is 4.40. The standard InChI is InChI=1S/C15H13N5O/c16-20-14(21)13(11-7-3-1-4-8-11)18-19-15(20)17-12-9-5-2-6-10-12/h1-10H,16H2,(H,17,19). The van der Waals surface area contributed by atoms with Gasteiger partial charge in [0, 0.05) is 11.3 Å². The van der Waals surface area contributed by atoms with Gasteiger partial charge in [0.05, 0.1) is 0 Å². The maximum atomic E-state index is 12.3. The zero-order chi connectivity index (χ0) is 14.7. The summed E-state index contributed by atoms with van der Waals surface area (Å²) in [6.07, 6.45) is 0. The summed E-state index contributed by atoms with van der Waals surface area (Å²) in [4.78, 5) is 12.3. The molecule has 0 aliphatic heterocycles. The number of aromatic nitrogens is 3. The van der Waals surface area contributed by atoms with Gasteiger partial charge in [-0.1, -0.05) is 48.5 Å². The van der Waals surface area contributed by atoms with Crippen LogP contribution in [-0.4, -0.2) is 14.9 Å². The topological polar surface area (TPSA) is 85.8 Å². The van der Waals surface area contributed by atoms with Crippen molar-refractivity contribution in [3.63, 3.8) is 0 Å². The molecule has 0 spiro atoms. The summed E-state index contributed by atoms with van der Waals surface area (Å²) in [5.41, 5.74) is 1.27. The van der Waals surface area contributed by atoms with Crippen LogP contribution in [-0.2, 0) is 0 Å². The van der Waals surface area contributed by atoms with Crippen LogP contribution in [0.25, 0.3) is 11.3 Å². The molecule has 1 aromatic heterocycles. The van der Waals surface area contributed by atoms with E-state index in [1.807, 2.05) is 48.5 Å². The monoisotopic (exact) mass is 279 g/mol. The molecule has 21 heavy (non-hydrogen) atoms. The average Bonchev–Trinajstić information content (AvgIpc) is 2.54. The predicted octanol–water partition coefficient (Wildman–Crippen LogP) is 1.76. The van der Waals surface area contributed by atoms with Crippen LogP contribution in [0.15, 0.2) is 65.5 Å². The number of rotatable bonds is 3. The van der Waals surface area contributed by atoms with Gasteiger partial charge in [-0.15, -0.1) is 10.2 Å². The van der Waals surface area contributed by atoms with Gasteiger partial charge in [-0.05, 0) is 12.1 Å². The van der Waals surface area contributed by atoms with Crippen molar-refractivity contribution in [3.8, 4) is 11.3 Å². The smallest absolute Gasteiger partial charge is 0.300 e. The van der Waals surface area contributed by atoms with Crippen LogP contribution in [0.3, 0.4) is 0 Å². The van der Waals surface area contributed by atoms with Crippen molar-refractivity contribution in [2.75, 3.05) is 11.2 Å². The summed E-state index contributed by atoms with van der Waals surface area (Å²) >= 11 is 0. The Morgan fingerprint density at radius 3 is 2.19 bits per heavy atom. The normalized spacial score (nSPS) is 10.3. The van der Waals surface area contributed by atoms with Crippen molar-refractivity contribution in [2.45, 2.75) is 0 Å². The largest absolute Gasteiger partial charge is 0.333 e. The molecule has 0 fully saturated rings. The van der Waals surface area contributed by atoms with Crippen LogP contribution >= 0.6 is 0 Å². The van der Waals surface area contributed by atoms with Crippen molar-refractivity contribution >= 4 is 11.6 Å². The van der Waals surface area contributed by atoms with Gasteiger partial charge in [0.25, 0.3) is 5.56 Å². The summed E-state index contributed by atoms with van der Waals surface area (Å²) in [5, 5.41) is 10.9. The molecule has 0 amide bonds. The highest BCUT2D eigenvalue weighted by Gasteiger charge is 2.11. The zero-order valence-corrected chi connectivity index (χ0v) is 11.1. The molecule has 0 atom stereocenters. The molecule has 0 saturated carbocycles. The summed E-state index contributed by atoms with van der Waals surface area (Å²) in [6, 6.07) is 18.4. The average molecular weight is 279 g/mol. The fourth-order valence-corrected chi connectivity index (χ4v) is 1.91. The molecule has 3 N–H and O–H groups in total. The molecule has 0 aliphatic carbocycles. The number of hydrogen-bond donors (Lipinski definition) is 2. The molecule has 0 unspecified atom stereocenters. The lowest BCUT2D eigenvalue weighted by Crippen LogP contribution is -2.32. The molecule has 2 aromatic carbocycles. The van der Waals surface area contributed by atoms with Crippen molar-refractivity contribution in [3.05, 3.63) is 71.0 Å². The zero-order valence-electron chi connectivity index (χ0n) is 11.1. The highest BCUT2D eigenvalue weighted by atomic mass is 16.1. The van der Waals surface area contributed by atoms with Crippen LogP contribution in [0.5, 0.6) is 0 Å². The van der Waals surface area contributed by atoms with Gasteiger partial charge in [-0.25, -0.2) is 0 Å². The number of nitrogens with one attached hydrogen (secondary N) is 1. The fraction of sp³-hybridized carbons (Fsp3) is 0. The van der Waals surface area contributed by atoms with E-state index >= 15 is 0 Å². The molecule has 0 aliphatic rings. The van der Waals surface area contributed by atoms with Gasteiger partial charge in [0.1, 0.15) is 0 Å². The van der Waals surface area contributed by atoms with Gasteiger partial charge >= 0.3 is 0 Å². The number of nitrogens with two attached hydrogens (primary N) is 1. The minimum Gasteiger partial charge on any atom is -0.333 e. The second kappa shape index (κ2) is 5.46. The third-order valence-electron chi connectivity index (χ3n) is 2.97. The Kier molecular flexibility index (Phi) is 3.34. The Labute approximate surface area is 120 Å². The number of para-hydroxylation sites is 1. The Morgan fingerprint density at radius 1 is 0.905 bits per heavy atom. The highest BCUT2D eigenvalue weighted by molar-refractivity contribution is 5.59. The maximum absolute atomic E-state index is 12.3. The van der Waals surface area contributed by atoms with E-state index in [0.29, 0.717) is 5.56 Å². The molecular weight excluding hydrogens is 266 g/mol. The first-order valence-electron chi connectivity index (χ1n) is 6.38. The predicted molar refractivity (Wildman–Crippen MR) is 81.6 cm³/mol. The van der Waals surface area contributed by atoms with Gasteiger partial charge in [-0.2, -0.15) is 4.68 Å². The molecule has 6 heteroatoms. The summed E-state index contributed by atoms with van der Waals surface area (Å²) in [7, 11) is 0. The first-order chi connectivity index (χ1) is 10.3. The molecule has 6 nitrogen and oxygen atoms in total. The Balaban J connectivity index is 1.99. The Morgan fingerprint density at radius 2 is 1.52 bits per heavy atom. The Bertz CT molecular complexity index is 799. The molecule has 3 aromatic rings. The van der Waals surface area contributed by atoms with Gasteiger partial charge < -0.3 is 11.2 Å². The number of nitrogens with zero attached hydrogens (tertiary/aromatic N) is 3. The molecule has 3 rings (SSSR count). The van der Waals surface area contributed by atoms with Crippen LogP contribution in [0.4, 0.5) is 11.6 Å². The number of nitrogen functional groups attached to an aromatic ring is 1. The van der Waals surface area contributed by atoms with Crippen LogP contribution in [0.1, 0.15) is 0 Å². The van der Waals surface area contributed by atoms with E-state index < -0.39 is 5.56 Å². The van der Waals surface area contributed by atoms with Crippen molar-refractivity contribution in [2.24, 2.45) is 0 Å². The van der Waals surface area contributed by atoms with Gasteiger partial charge in [-0.3, -0.25) is 4.79 Å². The van der Waals surface area contributed by atoms with E-state index in [4.69, 9.17) is 5.84 Å². The van der Waals surface area contributed by atoms with Gasteiger partial charge in [0.2, 0.25) is 5.95 Å². The van der Waals surface area contributed by atoms with E-state index in [-0.39, 0.29) is 11.6 Å². The molecule has 0 saturated heterocycles. The minimum atomic E-state index is -0.408. The van der Waals surface area contributed by atoms with Crippen molar-refractivity contribution < 1.29 is 0 Å². The molecule has 104 valence electrons. The lowest BCUT2D eigenvalue weighted by atomic mass is 10.2. The molecule has 0 radical (unpaired) electrons. The second-order valence-corrected chi connectivity index (χ2v) is 4.40. The van der Waals surface area contributed by atoms with Crippen LogP contribution < -0.4 is 16.7 Å². The SMILES string of the molecule is Nn1c(Nc2ccccc2)nnc(-c2ccccc2)c1=O. The number of anilines is 2. The fourth-order valence-electron chi connectivity index (χ4n) is 1.91. The summed E-state index contributed by atoms with van der Waals surface area (Å²) in [5.74, 6) is 5.99. The first kappa shape index (κ1) is 12.9. The van der Waals surface area contributed by atoms with E-state index in [0.717, 1.165) is 10.4 Å². The third-order valence-corrected chi connectivity index (χ3v) is 2.97. The summed E-state index contributed by atoms with van der Waals surface area (Å²) < 4.78 is 0.961. The third kappa shape index (κ3) is 2.59. The lowest BCUT2D eigenvalue weighted by Gasteiger charge is -2.09. The van der Waals surface area contributed by atoms with Crippen LogP contribution in [0.2, 0.25) is 0 Å². The maximum Gasteiger partial charge on any atom is 0.300 e. The number of hydrogen-bond acceptors (Lipinski definition) is 5. The number of benzene rings is 2. The van der Waals surface area contributed by atoms with Crippen molar-refractivity contribution in [1.29, 1.82) is 0 Å². The molecule has 1 heterocycles. The van der Waals surface area contributed by atoms with E-state index in [2.05, 4.69) is 15.5 Å².